The van der Waals surface area contributed by atoms with Gasteiger partial charge in [0.05, 0.1) is 23.2 Å². The van der Waals surface area contributed by atoms with Gasteiger partial charge >= 0.3 is 6.01 Å². The molecular formula is C30H24ClF2N7O2. The van der Waals surface area contributed by atoms with E-state index in [-0.39, 0.29) is 28.2 Å². The van der Waals surface area contributed by atoms with Gasteiger partial charge in [-0.15, -0.1) is 0 Å². The van der Waals surface area contributed by atoms with Crippen molar-refractivity contribution in [1.29, 1.82) is 0 Å². The molecule has 212 valence electrons. The Morgan fingerprint density at radius 3 is 2.60 bits per heavy atom. The number of nitrogens with zero attached hydrogens (tertiary/aromatic N) is 7. The van der Waals surface area contributed by atoms with Gasteiger partial charge in [-0.1, -0.05) is 35.9 Å². The van der Waals surface area contributed by atoms with Gasteiger partial charge < -0.3 is 14.5 Å². The van der Waals surface area contributed by atoms with Gasteiger partial charge in [-0.2, -0.15) is 9.97 Å². The van der Waals surface area contributed by atoms with Crippen LogP contribution >= 0.6 is 11.6 Å². The molecule has 0 aliphatic carbocycles. The van der Waals surface area contributed by atoms with Crippen molar-refractivity contribution in [2.24, 2.45) is 0 Å². The zero-order valence-electron chi connectivity index (χ0n) is 22.7. The Morgan fingerprint density at radius 1 is 1.02 bits per heavy atom. The smallest absolute Gasteiger partial charge is 0.318 e. The molecule has 1 aliphatic heterocycles. The molecule has 0 unspecified atom stereocenters. The third-order valence-electron chi connectivity index (χ3n) is 7.10. The number of aryl methyl sites for hydroxylation is 1. The first-order valence-electron chi connectivity index (χ1n) is 13.1. The molecule has 0 saturated carbocycles. The summed E-state index contributed by atoms with van der Waals surface area (Å²) >= 11 is 6.30. The highest BCUT2D eigenvalue weighted by atomic mass is 35.5. The number of anilines is 1. The lowest BCUT2D eigenvalue weighted by molar-refractivity contribution is -0.126. The number of rotatable bonds is 5. The molecule has 1 amide bonds. The fourth-order valence-corrected chi connectivity index (χ4v) is 5.29. The lowest BCUT2D eigenvalue weighted by atomic mass is 10.0. The molecule has 3 aromatic heterocycles. The average molecular weight is 588 g/mol. The Kier molecular flexibility index (Phi) is 7.34. The number of ether oxygens (including phenoxy) is 1. The summed E-state index contributed by atoms with van der Waals surface area (Å²) in [7, 11) is 1.40. The number of pyridine rings is 1. The van der Waals surface area contributed by atoms with Crippen LogP contribution in [0, 0.1) is 18.6 Å². The van der Waals surface area contributed by atoms with Gasteiger partial charge in [0.25, 0.3) is 0 Å². The second-order valence-electron chi connectivity index (χ2n) is 9.66. The predicted molar refractivity (Wildman–Crippen MR) is 156 cm³/mol. The van der Waals surface area contributed by atoms with Crippen molar-refractivity contribution in [3.8, 4) is 17.3 Å². The second-order valence-corrected chi connectivity index (χ2v) is 10.0. The maximum Gasteiger partial charge on any atom is 0.318 e. The van der Waals surface area contributed by atoms with E-state index in [1.54, 1.807) is 54.4 Å². The molecular weight excluding hydrogens is 564 g/mol. The quantitative estimate of drug-likeness (QED) is 0.257. The summed E-state index contributed by atoms with van der Waals surface area (Å²) in [4.78, 5) is 38.0. The first-order chi connectivity index (χ1) is 20.3. The molecule has 1 fully saturated rings. The number of fused-ring (bicyclic) bond motifs is 2. The topological polar surface area (TPSA) is 97.2 Å². The summed E-state index contributed by atoms with van der Waals surface area (Å²) in [5, 5.41) is 1.28. The van der Waals surface area contributed by atoms with E-state index < -0.39 is 11.6 Å². The van der Waals surface area contributed by atoms with E-state index in [9.17, 15) is 9.18 Å². The van der Waals surface area contributed by atoms with E-state index in [1.807, 2.05) is 4.90 Å². The third-order valence-corrected chi connectivity index (χ3v) is 7.47. The van der Waals surface area contributed by atoms with Crippen LogP contribution < -0.4 is 9.64 Å². The van der Waals surface area contributed by atoms with Gasteiger partial charge in [0.15, 0.2) is 5.82 Å². The molecule has 4 heterocycles. The van der Waals surface area contributed by atoms with Crippen LogP contribution in [-0.2, 0) is 4.79 Å². The minimum atomic E-state index is -0.707. The Hall–Kier alpha value is -4.77. The van der Waals surface area contributed by atoms with Crippen molar-refractivity contribution in [3.63, 3.8) is 0 Å². The van der Waals surface area contributed by atoms with Crippen molar-refractivity contribution in [2.75, 3.05) is 38.2 Å². The summed E-state index contributed by atoms with van der Waals surface area (Å²) in [6, 6.07) is 9.70. The molecule has 9 nitrogen and oxygen atoms in total. The molecule has 1 aliphatic rings. The number of halogens is 3. The zero-order valence-corrected chi connectivity index (χ0v) is 23.4. The van der Waals surface area contributed by atoms with Crippen LogP contribution in [0.25, 0.3) is 39.0 Å². The first-order valence-corrected chi connectivity index (χ1v) is 13.5. The molecule has 0 atom stereocenters. The van der Waals surface area contributed by atoms with Gasteiger partial charge in [0, 0.05) is 55.6 Å². The fraction of sp³-hybridized carbons (Fsp3) is 0.200. The van der Waals surface area contributed by atoms with Gasteiger partial charge in [0.1, 0.15) is 28.7 Å². The number of aromatic nitrogens is 5. The molecule has 6 rings (SSSR count). The number of amides is 1. The number of carbonyl (C=O) groups is 1. The van der Waals surface area contributed by atoms with Gasteiger partial charge in [-0.05, 0) is 30.5 Å². The van der Waals surface area contributed by atoms with E-state index in [0.717, 1.165) is 0 Å². The molecule has 0 radical (unpaired) electrons. The largest absolute Gasteiger partial charge is 0.467 e. The van der Waals surface area contributed by atoms with E-state index in [1.165, 1.54) is 25.4 Å². The minimum absolute atomic E-state index is 0.00737. The number of carbonyl (C=O) groups excluding carboxylic acids is 1. The van der Waals surface area contributed by atoms with Crippen molar-refractivity contribution in [3.05, 3.63) is 83.0 Å². The summed E-state index contributed by atoms with van der Waals surface area (Å²) in [6.07, 6.45) is 6.30. The second kappa shape index (κ2) is 11.2. The van der Waals surface area contributed by atoms with Crippen molar-refractivity contribution in [2.45, 2.75) is 6.92 Å². The number of hydrogen-bond acceptors (Lipinski definition) is 8. The highest BCUT2D eigenvalue weighted by molar-refractivity contribution is 6.36. The normalized spacial score (nSPS) is 13.8. The van der Waals surface area contributed by atoms with Crippen molar-refractivity contribution >= 4 is 51.1 Å². The van der Waals surface area contributed by atoms with E-state index >= 15 is 4.39 Å². The fourth-order valence-electron chi connectivity index (χ4n) is 5.02. The summed E-state index contributed by atoms with van der Waals surface area (Å²) in [5.74, 6) is -0.393. The van der Waals surface area contributed by atoms with Gasteiger partial charge in [0.2, 0.25) is 5.91 Å². The van der Waals surface area contributed by atoms with Crippen molar-refractivity contribution < 1.29 is 18.3 Å². The number of piperazine rings is 1. The van der Waals surface area contributed by atoms with Crippen LogP contribution in [0.3, 0.4) is 0 Å². The monoisotopic (exact) mass is 587 g/mol. The maximum absolute atomic E-state index is 16.2. The number of benzene rings is 2. The van der Waals surface area contributed by atoms with E-state index in [0.29, 0.717) is 65.2 Å². The van der Waals surface area contributed by atoms with Crippen LogP contribution in [0.15, 0.2) is 54.9 Å². The molecule has 2 aromatic carbocycles. The van der Waals surface area contributed by atoms with Crippen LogP contribution in [0.5, 0.6) is 6.01 Å². The molecule has 42 heavy (non-hydrogen) atoms. The number of hydrogen-bond donors (Lipinski definition) is 0. The van der Waals surface area contributed by atoms with Gasteiger partial charge in [-0.3, -0.25) is 9.78 Å². The summed E-state index contributed by atoms with van der Waals surface area (Å²) in [5.41, 5.74) is 0.980. The van der Waals surface area contributed by atoms with E-state index in [4.69, 9.17) is 16.3 Å². The Labute approximate surface area is 244 Å². The molecule has 0 spiro atoms. The number of methoxy groups -OCH3 is 1. The molecule has 5 aromatic rings. The molecule has 12 heteroatoms. The van der Waals surface area contributed by atoms with E-state index in [2.05, 4.69) is 24.9 Å². The third kappa shape index (κ3) is 5.07. The molecule has 0 bridgehead atoms. The Bertz CT molecular complexity index is 1880. The van der Waals surface area contributed by atoms with Crippen LogP contribution in [0.4, 0.5) is 14.6 Å². The minimum Gasteiger partial charge on any atom is -0.467 e. The van der Waals surface area contributed by atoms with Crippen molar-refractivity contribution in [1.82, 2.24) is 29.8 Å². The predicted octanol–water partition coefficient (Wildman–Crippen LogP) is 5.25. The Balaban J connectivity index is 1.31. The molecule has 1 saturated heterocycles. The van der Waals surface area contributed by atoms with Crippen LogP contribution in [0.1, 0.15) is 11.5 Å². The van der Waals surface area contributed by atoms with Gasteiger partial charge in [-0.25, -0.2) is 18.7 Å². The lowest BCUT2D eigenvalue weighted by Crippen LogP contribution is -2.48. The zero-order chi connectivity index (χ0) is 29.4. The highest BCUT2D eigenvalue weighted by Gasteiger charge is 2.26. The first kappa shape index (κ1) is 27.4. The summed E-state index contributed by atoms with van der Waals surface area (Å²) < 4.78 is 35.8. The SMILES string of the molecule is COc1nc(N2CCN(C(=O)/C=C/c3ccnc(C)n3)CC2)c2cnc(-c3cccc4ccc(F)c(Cl)c34)c(F)c2n1. The lowest BCUT2D eigenvalue weighted by Gasteiger charge is -2.35. The molecule has 0 N–H and O–H groups in total. The van der Waals surface area contributed by atoms with Crippen LogP contribution in [-0.4, -0.2) is 69.0 Å². The highest BCUT2D eigenvalue weighted by Crippen LogP contribution is 2.38. The van der Waals surface area contributed by atoms with Crippen LogP contribution in [0.2, 0.25) is 5.02 Å². The maximum atomic E-state index is 16.2. The average Bonchev–Trinajstić information content (AvgIpc) is 3.01. The Morgan fingerprint density at radius 2 is 1.83 bits per heavy atom. The standard InChI is InChI=1S/C30H24ClF2N7O2/c1-17-34-11-10-19(36-17)7-9-23(41)39-12-14-40(15-13-39)29-21-16-35-27(26(33)28(21)37-30(38-29)42-2)20-5-3-4-18-6-8-22(32)25(31)24(18)20/h3-11,16H,12-15H2,1-2H3/b9-7+. The summed E-state index contributed by atoms with van der Waals surface area (Å²) in [6.45, 7) is 3.53.